The summed E-state index contributed by atoms with van der Waals surface area (Å²) in [5.74, 6) is 0. The predicted molar refractivity (Wildman–Crippen MR) is 99.7 cm³/mol. The van der Waals surface area contributed by atoms with Crippen LogP contribution in [-0.2, 0) is 16.2 Å². The lowest BCUT2D eigenvalue weighted by molar-refractivity contribution is -0.141. The third-order valence-corrected chi connectivity index (χ3v) is 5.14. The van der Waals surface area contributed by atoms with Gasteiger partial charge in [-0.3, -0.25) is 0 Å². The van der Waals surface area contributed by atoms with Crippen molar-refractivity contribution in [2.75, 3.05) is 12.4 Å². The lowest BCUT2D eigenvalue weighted by Gasteiger charge is -2.11. The van der Waals surface area contributed by atoms with Gasteiger partial charge in [0.1, 0.15) is 0 Å². The van der Waals surface area contributed by atoms with Crippen molar-refractivity contribution in [3.63, 3.8) is 0 Å². The fourth-order valence-corrected chi connectivity index (χ4v) is 3.27. The van der Waals surface area contributed by atoms with Crippen LogP contribution >= 0.6 is 0 Å². The third kappa shape index (κ3) is 3.87. The number of nitrogens with one attached hydrogen (secondary N) is 1. The lowest BCUT2D eigenvalue weighted by atomic mass is 10.1. The number of aromatic nitrogens is 2. The van der Waals surface area contributed by atoms with Crippen LogP contribution in [0, 0.1) is 6.92 Å². The summed E-state index contributed by atoms with van der Waals surface area (Å²) in [6.45, 7) is 1.88. The molecule has 3 rings (SSSR count). The molecule has 0 aliphatic rings. The number of hydrogen-bond acceptors (Lipinski definition) is 4. The van der Waals surface area contributed by atoms with Crippen molar-refractivity contribution in [3.8, 4) is 16.9 Å². The molecule has 0 aliphatic heterocycles. The minimum atomic E-state index is -4.63. The van der Waals surface area contributed by atoms with Gasteiger partial charge in [0.15, 0.2) is 5.69 Å². The molecule has 0 unspecified atom stereocenters. The molecule has 0 saturated heterocycles. The molecular weight excluding hydrogens is 393 g/mol. The van der Waals surface area contributed by atoms with Crippen LogP contribution in [0.5, 0.6) is 0 Å². The molecule has 2 aromatic carbocycles. The Kier molecular flexibility index (Phi) is 4.94. The Morgan fingerprint density at radius 2 is 1.71 bits per heavy atom. The average Bonchev–Trinajstić information content (AvgIpc) is 3.07. The summed E-state index contributed by atoms with van der Waals surface area (Å²) in [6, 6.07) is 11.3. The summed E-state index contributed by atoms with van der Waals surface area (Å²) in [5.41, 5.74) is 1.66. The van der Waals surface area contributed by atoms with Crippen molar-refractivity contribution in [2.45, 2.75) is 18.0 Å². The maximum absolute atomic E-state index is 13.3. The first kappa shape index (κ1) is 19.9. The van der Waals surface area contributed by atoms with E-state index in [2.05, 4.69) is 10.4 Å². The van der Waals surface area contributed by atoms with Gasteiger partial charge in [0.25, 0.3) is 0 Å². The van der Waals surface area contributed by atoms with E-state index in [4.69, 9.17) is 5.14 Å². The number of halogens is 3. The van der Waals surface area contributed by atoms with Gasteiger partial charge < -0.3 is 5.32 Å². The normalized spacial score (nSPS) is 12.2. The zero-order valence-electron chi connectivity index (χ0n) is 14.9. The molecule has 0 atom stereocenters. The maximum atomic E-state index is 13.3. The predicted octanol–water partition coefficient (Wildman–Crippen LogP) is 3.56. The van der Waals surface area contributed by atoms with Crippen LogP contribution < -0.4 is 10.5 Å². The zero-order valence-corrected chi connectivity index (χ0v) is 15.8. The number of sulfonamides is 1. The highest BCUT2D eigenvalue weighted by Gasteiger charge is 2.35. The van der Waals surface area contributed by atoms with Gasteiger partial charge >= 0.3 is 6.18 Å². The zero-order chi connectivity index (χ0) is 20.7. The highest BCUT2D eigenvalue weighted by Crippen LogP contribution is 2.34. The topological polar surface area (TPSA) is 90.0 Å². The Morgan fingerprint density at radius 1 is 1.07 bits per heavy atom. The van der Waals surface area contributed by atoms with Gasteiger partial charge in [-0.2, -0.15) is 18.3 Å². The van der Waals surface area contributed by atoms with Crippen molar-refractivity contribution in [1.82, 2.24) is 9.78 Å². The number of primary sulfonamides is 1. The van der Waals surface area contributed by atoms with Crippen LogP contribution in [0.3, 0.4) is 0 Å². The van der Waals surface area contributed by atoms with Crippen LogP contribution in [0.4, 0.5) is 18.9 Å². The number of rotatable bonds is 4. The summed E-state index contributed by atoms with van der Waals surface area (Å²) in [7, 11) is -2.20. The minimum absolute atomic E-state index is 0.145. The van der Waals surface area contributed by atoms with Gasteiger partial charge in [0.2, 0.25) is 10.0 Å². The van der Waals surface area contributed by atoms with Gasteiger partial charge in [-0.25, -0.2) is 18.2 Å². The number of alkyl halides is 3. The fraction of sp³-hybridized carbons (Fsp3) is 0.167. The second-order valence-electron chi connectivity index (χ2n) is 6.14. The van der Waals surface area contributed by atoms with E-state index in [9.17, 15) is 21.6 Å². The highest BCUT2D eigenvalue weighted by atomic mass is 32.2. The first-order chi connectivity index (χ1) is 13.0. The van der Waals surface area contributed by atoms with Crippen LogP contribution in [0.25, 0.3) is 16.9 Å². The van der Waals surface area contributed by atoms with Crippen molar-refractivity contribution in [1.29, 1.82) is 0 Å². The first-order valence-electron chi connectivity index (χ1n) is 8.10. The van der Waals surface area contributed by atoms with Gasteiger partial charge in [-0.1, -0.05) is 12.1 Å². The Balaban J connectivity index is 2.19. The summed E-state index contributed by atoms with van der Waals surface area (Å²) in [5, 5.41) is 11.7. The van der Waals surface area contributed by atoms with E-state index in [0.29, 0.717) is 5.56 Å². The van der Waals surface area contributed by atoms with E-state index in [0.717, 1.165) is 22.0 Å². The molecule has 0 bridgehead atoms. The third-order valence-electron chi connectivity index (χ3n) is 4.21. The number of anilines is 1. The van der Waals surface area contributed by atoms with Crippen LogP contribution in [0.15, 0.2) is 53.4 Å². The van der Waals surface area contributed by atoms with Crippen LogP contribution in [-0.4, -0.2) is 25.2 Å². The van der Waals surface area contributed by atoms with Crippen molar-refractivity contribution < 1.29 is 21.6 Å². The molecular formula is C18H17F3N4O2S. The number of benzene rings is 2. The summed E-state index contributed by atoms with van der Waals surface area (Å²) < 4.78 is 63.7. The molecule has 3 N–H and O–H groups in total. The van der Waals surface area contributed by atoms with Gasteiger partial charge in [0.05, 0.1) is 16.3 Å². The molecule has 0 saturated carbocycles. The standard InChI is InChI=1S/C18H17F3N4O2S/c1-11-3-4-12(9-15(11)23-2)16-10-17(18(19,20)21)24-25(16)13-5-7-14(8-6-13)28(22,26)27/h3-10,23H,1-2H3,(H2,22,26,27). The summed E-state index contributed by atoms with van der Waals surface area (Å²) in [4.78, 5) is -0.145. The SMILES string of the molecule is CNc1cc(-c2cc(C(F)(F)F)nn2-c2ccc(S(N)(=O)=O)cc2)ccc1C. The fourth-order valence-electron chi connectivity index (χ4n) is 2.75. The number of nitrogens with zero attached hydrogens (tertiary/aromatic N) is 2. The molecule has 0 aliphatic carbocycles. The van der Waals surface area contributed by atoms with Gasteiger partial charge in [-0.15, -0.1) is 0 Å². The molecule has 10 heteroatoms. The Morgan fingerprint density at radius 3 is 2.25 bits per heavy atom. The van der Waals surface area contributed by atoms with E-state index < -0.39 is 21.9 Å². The summed E-state index contributed by atoms with van der Waals surface area (Å²) >= 11 is 0. The van der Waals surface area contributed by atoms with Gasteiger partial charge in [-0.05, 0) is 48.9 Å². The van der Waals surface area contributed by atoms with E-state index in [1.807, 2.05) is 6.92 Å². The Bertz CT molecular complexity index is 1120. The smallest absolute Gasteiger partial charge is 0.388 e. The molecule has 0 radical (unpaired) electrons. The molecule has 1 aromatic heterocycles. The molecule has 1 heterocycles. The number of nitrogens with two attached hydrogens (primary N) is 1. The van der Waals surface area contributed by atoms with Crippen molar-refractivity contribution in [2.24, 2.45) is 5.14 Å². The number of hydrogen-bond donors (Lipinski definition) is 2. The molecule has 0 fully saturated rings. The molecule has 6 nitrogen and oxygen atoms in total. The van der Waals surface area contributed by atoms with Crippen LogP contribution in [0.1, 0.15) is 11.3 Å². The van der Waals surface area contributed by atoms with E-state index in [1.54, 1.807) is 25.2 Å². The van der Waals surface area contributed by atoms with E-state index in [1.165, 1.54) is 24.3 Å². The minimum Gasteiger partial charge on any atom is -0.388 e. The highest BCUT2D eigenvalue weighted by molar-refractivity contribution is 7.89. The lowest BCUT2D eigenvalue weighted by Crippen LogP contribution is -2.12. The van der Waals surface area contributed by atoms with Crippen molar-refractivity contribution >= 4 is 15.7 Å². The van der Waals surface area contributed by atoms with Crippen LogP contribution in [0.2, 0.25) is 0 Å². The molecule has 0 spiro atoms. The number of aryl methyl sites for hydroxylation is 1. The van der Waals surface area contributed by atoms with Crippen molar-refractivity contribution in [3.05, 3.63) is 59.8 Å². The summed E-state index contributed by atoms with van der Waals surface area (Å²) in [6.07, 6.45) is -4.63. The Labute approximate surface area is 159 Å². The largest absolute Gasteiger partial charge is 0.435 e. The van der Waals surface area contributed by atoms with E-state index >= 15 is 0 Å². The molecule has 148 valence electrons. The molecule has 3 aromatic rings. The second kappa shape index (κ2) is 6.95. The average molecular weight is 410 g/mol. The quantitative estimate of drug-likeness (QED) is 0.688. The van der Waals surface area contributed by atoms with Gasteiger partial charge in [0, 0.05) is 18.3 Å². The maximum Gasteiger partial charge on any atom is 0.435 e. The Hall–Kier alpha value is -2.85. The first-order valence-corrected chi connectivity index (χ1v) is 9.64. The molecule has 28 heavy (non-hydrogen) atoms. The van der Waals surface area contributed by atoms with E-state index in [-0.39, 0.29) is 16.3 Å². The monoisotopic (exact) mass is 410 g/mol. The molecule has 0 amide bonds. The second-order valence-corrected chi connectivity index (χ2v) is 7.70.